The zero-order valence-corrected chi connectivity index (χ0v) is 11.1. The molecular weight excluding hydrogens is 293 g/mol. The summed E-state index contributed by atoms with van der Waals surface area (Å²) in [6.45, 7) is 2.47. The molecule has 0 saturated carbocycles. The van der Waals surface area contributed by atoms with E-state index in [0.717, 1.165) is 6.92 Å². The van der Waals surface area contributed by atoms with Crippen LogP contribution in [0.3, 0.4) is 0 Å². The van der Waals surface area contributed by atoms with Gasteiger partial charge >= 0.3 is 12.2 Å². The van der Waals surface area contributed by atoms with Gasteiger partial charge in [0.05, 0.1) is 0 Å². The van der Waals surface area contributed by atoms with Crippen LogP contribution in [0.2, 0.25) is 0 Å². The van der Waals surface area contributed by atoms with Crippen molar-refractivity contribution in [2.24, 2.45) is 5.92 Å². The normalized spacial score (nSPS) is 29.7. The summed E-state index contributed by atoms with van der Waals surface area (Å²) in [6.07, 6.45) is -5.22. The number of rotatable bonds is 2. The van der Waals surface area contributed by atoms with Crippen LogP contribution in [0, 0.1) is 12.8 Å². The highest BCUT2D eigenvalue weighted by Gasteiger charge is 2.66. The Labute approximate surface area is 117 Å². The molecule has 1 aliphatic rings. The predicted octanol–water partition coefficient (Wildman–Crippen LogP) is 1.40. The standard InChI is InChI=1S/C12H13F3N2O4/c1-5-3-4-7(21-5)9-8(6(2)18)11(20,12(13,14)15)17-10(19)16-9/h3-4,8-9,20H,1-2H3,(H2,16,17,19)/t8-,9+,11+/m1/s1. The number of halogens is 3. The fourth-order valence-electron chi connectivity index (χ4n) is 2.38. The molecule has 0 radical (unpaired) electrons. The van der Waals surface area contributed by atoms with Gasteiger partial charge in [0.2, 0.25) is 5.72 Å². The molecule has 1 aromatic rings. The molecule has 0 aliphatic carbocycles. The van der Waals surface area contributed by atoms with Gasteiger partial charge in [-0.05, 0) is 26.0 Å². The number of aliphatic hydroxyl groups is 1. The van der Waals surface area contributed by atoms with Crippen LogP contribution < -0.4 is 10.6 Å². The lowest BCUT2D eigenvalue weighted by atomic mass is 9.81. The number of Topliss-reactive ketones (excluding diaryl/α,β-unsaturated/α-hetero) is 1. The topological polar surface area (TPSA) is 91.6 Å². The number of hydrogen-bond acceptors (Lipinski definition) is 4. The lowest BCUT2D eigenvalue weighted by Crippen LogP contribution is -2.72. The van der Waals surface area contributed by atoms with Gasteiger partial charge in [0.1, 0.15) is 29.3 Å². The van der Waals surface area contributed by atoms with Crippen molar-refractivity contribution in [3.05, 3.63) is 23.7 Å². The molecule has 1 saturated heterocycles. The molecule has 2 rings (SSSR count). The number of ketones is 1. The van der Waals surface area contributed by atoms with Gasteiger partial charge in [-0.2, -0.15) is 13.2 Å². The maximum absolute atomic E-state index is 13.1. The van der Waals surface area contributed by atoms with E-state index in [9.17, 15) is 27.9 Å². The number of carbonyl (C=O) groups is 2. The zero-order chi connectivity index (χ0) is 16.0. The monoisotopic (exact) mass is 306 g/mol. The average Bonchev–Trinajstić information content (AvgIpc) is 2.72. The number of aryl methyl sites for hydroxylation is 1. The maximum atomic E-state index is 13.1. The Balaban J connectivity index is 2.53. The van der Waals surface area contributed by atoms with Crippen LogP contribution in [0.25, 0.3) is 0 Å². The molecule has 6 nitrogen and oxygen atoms in total. The Bertz CT molecular complexity index is 583. The summed E-state index contributed by atoms with van der Waals surface area (Å²) in [5, 5.41) is 13.5. The molecule has 21 heavy (non-hydrogen) atoms. The van der Waals surface area contributed by atoms with Crippen molar-refractivity contribution in [2.75, 3.05) is 0 Å². The highest BCUT2D eigenvalue weighted by Crippen LogP contribution is 2.42. The molecule has 2 heterocycles. The number of amides is 2. The van der Waals surface area contributed by atoms with Crippen LogP contribution >= 0.6 is 0 Å². The smallest absolute Gasteiger partial charge is 0.437 e. The summed E-state index contributed by atoms with van der Waals surface area (Å²) in [7, 11) is 0. The molecule has 2 amide bonds. The van der Waals surface area contributed by atoms with E-state index in [1.807, 2.05) is 0 Å². The second-order valence-corrected chi connectivity index (χ2v) is 4.88. The van der Waals surface area contributed by atoms with Gasteiger partial charge in [-0.1, -0.05) is 0 Å². The van der Waals surface area contributed by atoms with E-state index in [0.29, 0.717) is 5.76 Å². The van der Waals surface area contributed by atoms with Crippen LogP contribution in [0.15, 0.2) is 16.5 Å². The van der Waals surface area contributed by atoms with E-state index >= 15 is 0 Å². The average molecular weight is 306 g/mol. The van der Waals surface area contributed by atoms with Gasteiger partial charge in [0.25, 0.3) is 0 Å². The summed E-state index contributed by atoms with van der Waals surface area (Å²) >= 11 is 0. The summed E-state index contributed by atoms with van der Waals surface area (Å²) in [4.78, 5) is 23.1. The third-order valence-corrected chi connectivity index (χ3v) is 3.31. The molecule has 9 heteroatoms. The summed E-state index contributed by atoms with van der Waals surface area (Å²) in [5.74, 6) is -2.55. The SMILES string of the molecule is CC(=O)[C@@H]1[C@H](c2ccc(C)o2)NC(=O)N[C@@]1(O)C(F)(F)F. The van der Waals surface area contributed by atoms with E-state index in [1.54, 1.807) is 6.92 Å². The molecule has 3 N–H and O–H groups in total. The number of furan rings is 1. The first-order valence-corrected chi connectivity index (χ1v) is 6.01. The Morgan fingerprint density at radius 3 is 2.48 bits per heavy atom. The molecule has 116 valence electrons. The number of urea groups is 1. The largest absolute Gasteiger partial charge is 0.464 e. The maximum Gasteiger partial charge on any atom is 0.437 e. The van der Waals surface area contributed by atoms with Crippen LogP contribution in [0.5, 0.6) is 0 Å². The van der Waals surface area contributed by atoms with Gasteiger partial charge < -0.3 is 20.2 Å². The number of alkyl halides is 3. The Kier molecular flexibility index (Phi) is 3.48. The second-order valence-electron chi connectivity index (χ2n) is 4.88. The molecule has 0 bridgehead atoms. The molecule has 0 unspecified atom stereocenters. The van der Waals surface area contributed by atoms with Gasteiger partial charge in [-0.25, -0.2) is 4.79 Å². The summed E-state index contributed by atoms with van der Waals surface area (Å²) in [5.41, 5.74) is -3.66. The first-order chi connectivity index (χ1) is 9.56. The molecular formula is C12H13F3N2O4. The van der Waals surface area contributed by atoms with Crippen molar-refractivity contribution < 1.29 is 32.3 Å². The van der Waals surface area contributed by atoms with E-state index in [4.69, 9.17) is 4.42 Å². The van der Waals surface area contributed by atoms with Gasteiger partial charge in [0.15, 0.2) is 0 Å². The summed E-state index contributed by atoms with van der Waals surface area (Å²) < 4.78 is 44.6. The minimum absolute atomic E-state index is 0.0368. The highest BCUT2D eigenvalue weighted by atomic mass is 19.4. The van der Waals surface area contributed by atoms with Crippen molar-refractivity contribution in [2.45, 2.75) is 31.8 Å². The third kappa shape index (κ3) is 2.48. The van der Waals surface area contributed by atoms with E-state index in [-0.39, 0.29) is 5.76 Å². The first-order valence-electron chi connectivity index (χ1n) is 6.01. The molecule has 1 fully saturated rings. The predicted molar refractivity (Wildman–Crippen MR) is 63.0 cm³/mol. The quantitative estimate of drug-likeness (QED) is 0.770. The molecule has 3 atom stereocenters. The van der Waals surface area contributed by atoms with Crippen LogP contribution in [0.1, 0.15) is 24.5 Å². The minimum atomic E-state index is -5.22. The van der Waals surface area contributed by atoms with Crippen molar-refractivity contribution in [1.82, 2.24) is 10.6 Å². The third-order valence-electron chi connectivity index (χ3n) is 3.31. The Morgan fingerprint density at radius 2 is 2.05 bits per heavy atom. The van der Waals surface area contributed by atoms with Crippen molar-refractivity contribution >= 4 is 11.8 Å². The lowest BCUT2D eigenvalue weighted by molar-refractivity contribution is -0.290. The van der Waals surface area contributed by atoms with Gasteiger partial charge in [0, 0.05) is 0 Å². The van der Waals surface area contributed by atoms with E-state index < -0.39 is 35.7 Å². The minimum Gasteiger partial charge on any atom is -0.464 e. The molecule has 1 aromatic heterocycles. The van der Waals surface area contributed by atoms with Crippen LogP contribution in [-0.2, 0) is 4.79 Å². The lowest BCUT2D eigenvalue weighted by Gasteiger charge is -2.43. The van der Waals surface area contributed by atoms with E-state index in [2.05, 4.69) is 5.32 Å². The fourth-order valence-corrected chi connectivity index (χ4v) is 2.38. The second kappa shape index (κ2) is 4.76. The number of hydrogen-bond donors (Lipinski definition) is 3. The first kappa shape index (κ1) is 15.4. The molecule has 0 aromatic carbocycles. The molecule has 1 aliphatic heterocycles. The summed E-state index contributed by atoms with van der Waals surface area (Å²) in [6, 6.07) is 0.161. The molecule has 0 spiro atoms. The van der Waals surface area contributed by atoms with Crippen LogP contribution in [-0.4, -0.2) is 28.8 Å². The van der Waals surface area contributed by atoms with Gasteiger partial charge in [-0.3, -0.25) is 4.79 Å². The zero-order valence-electron chi connectivity index (χ0n) is 11.1. The van der Waals surface area contributed by atoms with Crippen molar-refractivity contribution in [1.29, 1.82) is 0 Å². The highest BCUT2D eigenvalue weighted by molar-refractivity contribution is 5.85. The van der Waals surface area contributed by atoms with Gasteiger partial charge in [-0.15, -0.1) is 0 Å². The number of nitrogens with one attached hydrogen (secondary N) is 2. The number of carbonyl (C=O) groups excluding carboxylic acids is 2. The van der Waals surface area contributed by atoms with Crippen LogP contribution in [0.4, 0.5) is 18.0 Å². The Morgan fingerprint density at radius 1 is 1.43 bits per heavy atom. The fraction of sp³-hybridized carbons (Fsp3) is 0.500. The van der Waals surface area contributed by atoms with Crippen molar-refractivity contribution in [3.63, 3.8) is 0 Å². The Hall–Kier alpha value is -2.03. The van der Waals surface area contributed by atoms with Crippen molar-refractivity contribution in [3.8, 4) is 0 Å². The van der Waals surface area contributed by atoms with E-state index in [1.165, 1.54) is 17.4 Å².